The number of nitriles is 1. The summed E-state index contributed by atoms with van der Waals surface area (Å²) in [5.41, 5.74) is 0.895. The van der Waals surface area contributed by atoms with E-state index in [-0.39, 0.29) is 11.7 Å². The lowest BCUT2D eigenvalue weighted by molar-refractivity contribution is -0.384. The van der Waals surface area contributed by atoms with Crippen LogP contribution in [-0.4, -0.2) is 22.9 Å². The highest BCUT2D eigenvalue weighted by atomic mass is 16.6. The number of benzene rings is 1. The van der Waals surface area contributed by atoms with E-state index >= 15 is 0 Å². The number of non-ortho nitro benzene ring substituents is 1. The minimum atomic E-state index is -0.430. The highest BCUT2D eigenvalue weighted by Crippen LogP contribution is 2.25. The lowest BCUT2D eigenvalue weighted by Gasteiger charge is -2.21. The number of hydrogen-bond acceptors (Lipinski definition) is 4. The normalized spacial score (nSPS) is 17.6. The predicted molar refractivity (Wildman–Crippen MR) is 62.3 cm³/mol. The Morgan fingerprint density at radius 3 is 2.35 bits per heavy atom. The van der Waals surface area contributed by atoms with Crippen molar-refractivity contribution >= 4 is 5.69 Å². The van der Waals surface area contributed by atoms with E-state index in [9.17, 15) is 15.4 Å². The van der Waals surface area contributed by atoms with E-state index in [1.807, 2.05) is 0 Å². The Labute approximate surface area is 99.4 Å². The van der Waals surface area contributed by atoms with Gasteiger partial charge in [0.25, 0.3) is 5.69 Å². The molecule has 0 bridgehead atoms. The van der Waals surface area contributed by atoms with Gasteiger partial charge in [0.15, 0.2) is 0 Å². The van der Waals surface area contributed by atoms with Gasteiger partial charge in [0.05, 0.1) is 11.0 Å². The fraction of sp³-hybridized carbons (Fsp3) is 0.417. The van der Waals surface area contributed by atoms with Crippen molar-refractivity contribution in [3.8, 4) is 6.07 Å². The van der Waals surface area contributed by atoms with Crippen molar-refractivity contribution in [3.63, 3.8) is 0 Å². The van der Waals surface area contributed by atoms with Gasteiger partial charge in [0, 0.05) is 12.1 Å². The Hall–Kier alpha value is -1.93. The van der Waals surface area contributed by atoms with E-state index < -0.39 is 4.92 Å². The Morgan fingerprint density at radius 2 is 1.88 bits per heavy atom. The Balaban J connectivity index is 2.20. The molecule has 1 aromatic carbocycles. The molecule has 17 heavy (non-hydrogen) atoms. The third kappa shape index (κ3) is 2.43. The number of hydrogen-bond donors (Lipinski definition) is 0. The summed E-state index contributed by atoms with van der Waals surface area (Å²) in [6.07, 6.45) is 2.23. The van der Waals surface area contributed by atoms with Gasteiger partial charge in [-0.05, 0) is 43.6 Å². The molecule has 0 radical (unpaired) electrons. The molecule has 1 saturated heterocycles. The SMILES string of the molecule is N#CC(c1ccc([N+](=O)[O-])cc1)N1CCCC1. The van der Waals surface area contributed by atoms with Crippen molar-refractivity contribution in [2.24, 2.45) is 0 Å². The van der Waals surface area contributed by atoms with Crippen molar-refractivity contribution in [1.29, 1.82) is 5.26 Å². The molecule has 0 aliphatic carbocycles. The molecule has 1 aliphatic rings. The number of nitro groups is 1. The van der Waals surface area contributed by atoms with Crippen molar-refractivity contribution in [3.05, 3.63) is 39.9 Å². The van der Waals surface area contributed by atoms with Gasteiger partial charge in [-0.2, -0.15) is 5.26 Å². The van der Waals surface area contributed by atoms with Crippen LogP contribution >= 0.6 is 0 Å². The summed E-state index contributed by atoms with van der Waals surface area (Å²) in [6, 6.07) is 8.24. The summed E-state index contributed by atoms with van der Waals surface area (Å²) in [4.78, 5) is 12.2. The van der Waals surface area contributed by atoms with Gasteiger partial charge in [-0.15, -0.1) is 0 Å². The van der Waals surface area contributed by atoms with Crippen LogP contribution in [0.3, 0.4) is 0 Å². The summed E-state index contributed by atoms with van der Waals surface area (Å²) in [7, 11) is 0. The molecule has 1 atom stereocenters. The van der Waals surface area contributed by atoms with Crippen LogP contribution in [0.4, 0.5) is 5.69 Å². The molecule has 5 heteroatoms. The van der Waals surface area contributed by atoms with Gasteiger partial charge in [0.1, 0.15) is 6.04 Å². The van der Waals surface area contributed by atoms with Crippen LogP contribution in [0.5, 0.6) is 0 Å². The summed E-state index contributed by atoms with van der Waals surface area (Å²) in [5, 5.41) is 19.7. The maximum absolute atomic E-state index is 10.5. The van der Waals surface area contributed by atoms with Crippen LogP contribution in [0, 0.1) is 21.4 Å². The molecular weight excluding hydrogens is 218 g/mol. The van der Waals surface area contributed by atoms with E-state index in [0.29, 0.717) is 0 Å². The second-order valence-corrected chi connectivity index (χ2v) is 4.12. The molecule has 88 valence electrons. The van der Waals surface area contributed by atoms with Crippen LogP contribution in [0.15, 0.2) is 24.3 Å². The van der Waals surface area contributed by atoms with Gasteiger partial charge < -0.3 is 0 Å². The predicted octanol–water partition coefficient (Wildman–Crippen LogP) is 2.26. The third-order valence-electron chi connectivity index (χ3n) is 3.05. The highest BCUT2D eigenvalue weighted by Gasteiger charge is 2.23. The fourth-order valence-electron chi connectivity index (χ4n) is 2.15. The summed E-state index contributed by atoms with van der Waals surface area (Å²) in [5.74, 6) is 0. The Kier molecular flexibility index (Phi) is 3.35. The average Bonchev–Trinajstić information content (AvgIpc) is 2.84. The zero-order valence-electron chi connectivity index (χ0n) is 9.37. The number of nitrogens with zero attached hydrogens (tertiary/aromatic N) is 3. The smallest absolute Gasteiger partial charge is 0.269 e. The lowest BCUT2D eigenvalue weighted by Crippen LogP contribution is -2.24. The van der Waals surface area contributed by atoms with Gasteiger partial charge in [-0.1, -0.05) is 0 Å². The van der Waals surface area contributed by atoms with Crippen LogP contribution < -0.4 is 0 Å². The van der Waals surface area contributed by atoms with Crippen LogP contribution in [0.2, 0.25) is 0 Å². The molecule has 0 aromatic heterocycles. The monoisotopic (exact) mass is 231 g/mol. The van der Waals surface area contributed by atoms with Gasteiger partial charge in [-0.25, -0.2) is 0 Å². The fourth-order valence-corrected chi connectivity index (χ4v) is 2.15. The molecule has 2 rings (SSSR count). The molecule has 1 aliphatic heterocycles. The summed E-state index contributed by atoms with van der Waals surface area (Å²) >= 11 is 0. The highest BCUT2D eigenvalue weighted by molar-refractivity contribution is 5.36. The molecule has 1 heterocycles. The molecule has 0 N–H and O–H groups in total. The van der Waals surface area contributed by atoms with Crippen molar-refractivity contribution in [2.75, 3.05) is 13.1 Å². The Morgan fingerprint density at radius 1 is 1.29 bits per heavy atom. The molecule has 0 spiro atoms. The third-order valence-corrected chi connectivity index (χ3v) is 3.05. The van der Waals surface area contributed by atoms with E-state index in [1.165, 1.54) is 12.1 Å². The van der Waals surface area contributed by atoms with Crippen molar-refractivity contribution in [1.82, 2.24) is 4.90 Å². The van der Waals surface area contributed by atoms with E-state index in [1.54, 1.807) is 12.1 Å². The second kappa shape index (κ2) is 4.93. The first-order valence-electron chi connectivity index (χ1n) is 5.60. The topological polar surface area (TPSA) is 70.2 Å². The molecule has 1 fully saturated rings. The minimum Gasteiger partial charge on any atom is -0.284 e. The first kappa shape index (κ1) is 11.6. The van der Waals surface area contributed by atoms with E-state index in [0.717, 1.165) is 31.5 Å². The molecule has 5 nitrogen and oxygen atoms in total. The number of nitro benzene ring substituents is 1. The Bertz CT molecular complexity index is 444. The van der Waals surface area contributed by atoms with Crippen LogP contribution in [0.1, 0.15) is 24.4 Å². The maximum atomic E-state index is 10.5. The van der Waals surface area contributed by atoms with Crippen molar-refractivity contribution in [2.45, 2.75) is 18.9 Å². The molecule has 1 unspecified atom stereocenters. The van der Waals surface area contributed by atoms with Gasteiger partial charge in [-0.3, -0.25) is 15.0 Å². The first-order chi connectivity index (χ1) is 8.22. The van der Waals surface area contributed by atoms with Gasteiger partial charge in [0.2, 0.25) is 0 Å². The zero-order chi connectivity index (χ0) is 12.3. The molecular formula is C12H13N3O2. The number of rotatable bonds is 3. The minimum absolute atomic E-state index is 0.0619. The average molecular weight is 231 g/mol. The van der Waals surface area contributed by atoms with Crippen LogP contribution in [0.25, 0.3) is 0 Å². The zero-order valence-corrected chi connectivity index (χ0v) is 9.37. The number of likely N-dealkylation sites (tertiary alicyclic amines) is 1. The standard InChI is InChI=1S/C12H13N3O2/c13-9-12(14-7-1-2-8-14)10-3-5-11(6-4-10)15(16)17/h3-6,12H,1-2,7-8H2. The largest absolute Gasteiger partial charge is 0.284 e. The van der Waals surface area contributed by atoms with Crippen LogP contribution in [-0.2, 0) is 0 Å². The van der Waals surface area contributed by atoms with E-state index in [2.05, 4.69) is 11.0 Å². The quantitative estimate of drug-likeness (QED) is 0.591. The lowest BCUT2D eigenvalue weighted by atomic mass is 10.1. The maximum Gasteiger partial charge on any atom is 0.269 e. The second-order valence-electron chi connectivity index (χ2n) is 4.12. The summed E-state index contributed by atoms with van der Waals surface area (Å²) in [6.45, 7) is 1.85. The summed E-state index contributed by atoms with van der Waals surface area (Å²) < 4.78 is 0. The van der Waals surface area contributed by atoms with Crippen molar-refractivity contribution < 1.29 is 4.92 Å². The van der Waals surface area contributed by atoms with E-state index in [4.69, 9.17) is 0 Å². The molecule has 0 saturated carbocycles. The van der Waals surface area contributed by atoms with Gasteiger partial charge >= 0.3 is 0 Å². The molecule has 0 amide bonds. The molecule has 1 aromatic rings. The first-order valence-corrected chi connectivity index (χ1v) is 5.60.